The van der Waals surface area contributed by atoms with Gasteiger partial charge in [-0.25, -0.2) is 14.4 Å². The molecule has 0 bridgehead atoms. The Kier molecular flexibility index (Phi) is 11.6. The number of hydrogen-bond donors (Lipinski definition) is 2. The molecule has 0 aromatic heterocycles. The first-order valence-electron chi connectivity index (χ1n) is 7.57. The molecule has 0 fully saturated rings. The molecule has 0 radical (unpaired) electrons. The monoisotopic (exact) mass is 365 g/mol. The van der Waals surface area contributed by atoms with Gasteiger partial charge in [-0.2, -0.15) is 0 Å². The third-order valence-electron chi connectivity index (χ3n) is 2.91. The second-order valence-corrected chi connectivity index (χ2v) is 4.78. The minimum absolute atomic E-state index is 0.394. The number of para-hydroxylation sites is 1. The Bertz CT molecular complexity index is 606. The zero-order valence-electron chi connectivity index (χ0n) is 14.6. The molecule has 0 aliphatic rings. The smallest absolute Gasteiger partial charge is 0.414 e. The first-order chi connectivity index (χ1) is 12.4. The van der Waals surface area contributed by atoms with E-state index in [9.17, 15) is 4.79 Å². The second-order valence-electron chi connectivity index (χ2n) is 4.78. The maximum atomic E-state index is 11.6. The summed E-state index contributed by atoms with van der Waals surface area (Å²) in [6.45, 7) is 10.2. The van der Waals surface area contributed by atoms with Crippen molar-refractivity contribution < 1.29 is 34.1 Å². The maximum absolute atomic E-state index is 11.6. The third kappa shape index (κ3) is 9.24. The molecule has 142 valence electrons. The molecule has 0 aliphatic heterocycles. The van der Waals surface area contributed by atoms with Crippen molar-refractivity contribution in [1.29, 1.82) is 0 Å². The van der Waals surface area contributed by atoms with Crippen molar-refractivity contribution in [3.8, 4) is 5.75 Å². The van der Waals surface area contributed by atoms with Crippen LogP contribution in [-0.4, -0.2) is 66.4 Å². The minimum Gasteiger partial charge on any atom is -0.491 e. The van der Waals surface area contributed by atoms with Gasteiger partial charge in [-0.3, -0.25) is 4.90 Å². The van der Waals surface area contributed by atoms with Gasteiger partial charge in [0.2, 0.25) is 0 Å². The third-order valence-corrected chi connectivity index (χ3v) is 2.91. The summed E-state index contributed by atoms with van der Waals surface area (Å²) in [5, 5.41) is 14.8. The van der Waals surface area contributed by atoms with Crippen LogP contribution in [0.4, 0.5) is 0 Å². The van der Waals surface area contributed by atoms with Crippen LogP contribution >= 0.6 is 0 Å². The Morgan fingerprint density at radius 2 is 1.62 bits per heavy atom. The van der Waals surface area contributed by atoms with Gasteiger partial charge < -0.3 is 19.7 Å². The molecular formula is C18H23NO7. The number of methoxy groups -OCH3 is 1. The highest BCUT2D eigenvalue weighted by atomic mass is 16.5. The Morgan fingerprint density at radius 1 is 1.08 bits per heavy atom. The average molecular weight is 365 g/mol. The van der Waals surface area contributed by atoms with Crippen molar-refractivity contribution in [1.82, 2.24) is 4.90 Å². The largest absolute Gasteiger partial charge is 0.491 e. The summed E-state index contributed by atoms with van der Waals surface area (Å²) >= 11 is 0. The molecule has 1 aromatic carbocycles. The van der Waals surface area contributed by atoms with Crippen LogP contribution in [0.15, 0.2) is 49.6 Å². The van der Waals surface area contributed by atoms with Crippen LogP contribution in [0.5, 0.6) is 5.75 Å². The lowest BCUT2D eigenvalue weighted by molar-refractivity contribution is -0.159. The molecule has 2 N–H and O–H groups in total. The first kappa shape index (κ1) is 22.9. The van der Waals surface area contributed by atoms with Gasteiger partial charge in [-0.15, -0.1) is 13.2 Å². The number of carboxylic acids is 2. The zero-order chi connectivity index (χ0) is 19.9. The summed E-state index contributed by atoms with van der Waals surface area (Å²) in [7, 11) is 1.36. The van der Waals surface area contributed by atoms with Gasteiger partial charge in [0.25, 0.3) is 0 Å². The quantitative estimate of drug-likeness (QED) is 0.386. The fourth-order valence-electron chi connectivity index (χ4n) is 1.78. The lowest BCUT2D eigenvalue weighted by Crippen LogP contribution is -2.29. The van der Waals surface area contributed by atoms with Gasteiger partial charge >= 0.3 is 17.9 Å². The van der Waals surface area contributed by atoms with E-state index >= 15 is 0 Å². The van der Waals surface area contributed by atoms with E-state index in [1.165, 1.54) is 7.11 Å². The van der Waals surface area contributed by atoms with Crippen LogP contribution in [0.1, 0.15) is 10.4 Å². The van der Waals surface area contributed by atoms with Crippen LogP contribution < -0.4 is 4.74 Å². The van der Waals surface area contributed by atoms with Gasteiger partial charge in [0.15, 0.2) is 0 Å². The summed E-state index contributed by atoms with van der Waals surface area (Å²) in [4.78, 5) is 31.9. The van der Waals surface area contributed by atoms with Gasteiger partial charge in [0.05, 0.1) is 7.11 Å². The summed E-state index contributed by atoms with van der Waals surface area (Å²) in [6, 6.07) is 7.05. The highest BCUT2D eigenvalue weighted by Crippen LogP contribution is 2.18. The van der Waals surface area contributed by atoms with Crippen molar-refractivity contribution in [2.24, 2.45) is 0 Å². The van der Waals surface area contributed by atoms with Crippen molar-refractivity contribution in [2.45, 2.75) is 0 Å². The molecule has 0 unspecified atom stereocenters. The maximum Gasteiger partial charge on any atom is 0.414 e. The van der Waals surface area contributed by atoms with Crippen molar-refractivity contribution in [2.75, 3.05) is 33.4 Å². The number of esters is 1. The summed E-state index contributed by atoms with van der Waals surface area (Å²) < 4.78 is 10.4. The lowest BCUT2D eigenvalue weighted by Gasteiger charge is -2.19. The number of ether oxygens (including phenoxy) is 2. The number of hydrogen-bond acceptors (Lipinski definition) is 6. The fraction of sp³-hybridized carbons (Fsp3) is 0.278. The van der Waals surface area contributed by atoms with Crippen molar-refractivity contribution >= 4 is 17.9 Å². The van der Waals surface area contributed by atoms with Crippen LogP contribution in [0.25, 0.3) is 0 Å². The van der Waals surface area contributed by atoms with Crippen LogP contribution in [0.2, 0.25) is 0 Å². The zero-order valence-corrected chi connectivity index (χ0v) is 14.6. The first-order valence-corrected chi connectivity index (χ1v) is 7.57. The molecule has 1 rings (SSSR count). The number of aliphatic carboxylic acids is 2. The van der Waals surface area contributed by atoms with Crippen LogP contribution in [0, 0.1) is 0 Å². The van der Waals surface area contributed by atoms with Gasteiger partial charge in [-0.1, -0.05) is 24.3 Å². The fourth-order valence-corrected chi connectivity index (χ4v) is 1.78. The second kappa shape index (κ2) is 13.2. The van der Waals surface area contributed by atoms with E-state index in [0.717, 1.165) is 19.6 Å². The topological polar surface area (TPSA) is 113 Å². The van der Waals surface area contributed by atoms with Crippen LogP contribution in [0.3, 0.4) is 0 Å². The molecule has 0 saturated carbocycles. The Labute approximate surface area is 151 Å². The van der Waals surface area contributed by atoms with E-state index in [1.54, 1.807) is 18.2 Å². The van der Waals surface area contributed by atoms with E-state index in [-0.39, 0.29) is 0 Å². The molecule has 8 nitrogen and oxygen atoms in total. The predicted molar refractivity (Wildman–Crippen MR) is 95.4 cm³/mol. The number of nitrogens with zero attached hydrogens (tertiary/aromatic N) is 1. The summed E-state index contributed by atoms with van der Waals surface area (Å²) in [6.07, 6.45) is 3.68. The van der Waals surface area contributed by atoms with E-state index in [2.05, 4.69) is 18.1 Å². The Morgan fingerprint density at radius 3 is 2.08 bits per heavy atom. The van der Waals surface area contributed by atoms with Crippen LogP contribution in [-0.2, 0) is 14.3 Å². The molecule has 1 aromatic rings. The molecule has 0 atom stereocenters. The molecule has 0 heterocycles. The standard InChI is InChI=1S/C16H21NO3.C2H2O4/c1-4-10-17(11-5-2)12-13-20-15-9-7-6-8-14(15)16(18)19-3;3-1(4)2(5)6/h4-9H,1-2,10-13H2,3H3;(H,3,4)(H,5,6). The Balaban J connectivity index is 0.000000896. The van der Waals surface area contributed by atoms with Gasteiger partial charge in [-0.05, 0) is 12.1 Å². The normalized spacial score (nSPS) is 9.46. The molecule has 8 heteroatoms. The highest BCUT2D eigenvalue weighted by molar-refractivity contribution is 6.27. The average Bonchev–Trinajstić information content (AvgIpc) is 2.62. The Hall–Kier alpha value is -3.13. The summed E-state index contributed by atoms with van der Waals surface area (Å²) in [5.74, 6) is -3.50. The van der Waals surface area contributed by atoms with Gasteiger partial charge in [0, 0.05) is 19.6 Å². The van der Waals surface area contributed by atoms with Crippen molar-refractivity contribution in [3.63, 3.8) is 0 Å². The number of carbonyl (C=O) groups excluding carboxylic acids is 1. The molecule has 26 heavy (non-hydrogen) atoms. The lowest BCUT2D eigenvalue weighted by atomic mass is 10.2. The van der Waals surface area contributed by atoms with Crippen molar-refractivity contribution in [3.05, 3.63) is 55.1 Å². The van der Waals surface area contributed by atoms with E-state index in [1.807, 2.05) is 18.2 Å². The molecule has 0 amide bonds. The molecule has 0 spiro atoms. The number of rotatable bonds is 9. The number of carbonyl (C=O) groups is 3. The SMILES string of the molecule is C=CCN(CC=C)CCOc1ccccc1C(=O)OC.O=C(O)C(=O)O. The van der Waals surface area contributed by atoms with Gasteiger partial charge in [0.1, 0.15) is 17.9 Å². The highest BCUT2D eigenvalue weighted by Gasteiger charge is 2.12. The van der Waals surface area contributed by atoms with E-state index in [4.69, 9.17) is 29.3 Å². The predicted octanol–water partition coefficient (Wildman–Crippen LogP) is 1.68. The number of carboxylic acid groups (broad SMARTS) is 2. The summed E-state index contributed by atoms with van der Waals surface area (Å²) in [5.41, 5.74) is 0.439. The molecule has 0 saturated heterocycles. The van der Waals surface area contributed by atoms with E-state index in [0.29, 0.717) is 17.9 Å². The molecule has 0 aliphatic carbocycles. The minimum atomic E-state index is -1.82. The van der Waals surface area contributed by atoms with E-state index < -0.39 is 17.9 Å². The number of benzene rings is 1. The molecular weight excluding hydrogens is 342 g/mol.